The lowest BCUT2D eigenvalue weighted by Gasteiger charge is -2.27. The molecule has 9 rings (SSSR count). The van der Waals surface area contributed by atoms with Crippen LogP contribution in [-0.2, 0) is 0 Å². The van der Waals surface area contributed by atoms with E-state index in [0.29, 0.717) is 0 Å². The molecule has 0 bridgehead atoms. The van der Waals surface area contributed by atoms with Crippen molar-refractivity contribution < 1.29 is 0 Å². The Balaban J connectivity index is 1.30. The van der Waals surface area contributed by atoms with Crippen LogP contribution in [0, 0.1) is 0 Å². The molecule has 3 heteroatoms. The molecule has 0 atom stereocenters. The molecule has 0 aliphatic heterocycles. The fourth-order valence-electron chi connectivity index (χ4n) is 6.44. The van der Waals surface area contributed by atoms with Crippen LogP contribution in [0.1, 0.15) is 0 Å². The summed E-state index contributed by atoms with van der Waals surface area (Å²) in [6.45, 7) is 0. The second kappa shape index (κ2) is 9.81. The molecule has 0 radical (unpaired) electrons. The number of rotatable bonds is 4. The number of hydrogen-bond acceptors (Lipinski definition) is 3. The SMILES string of the molecule is c1ccc(-c2ccc(N(c3ccc4c(c3)sc3ccccc34)c3cccc4sc5c6ccccc6ccc5c34)cc2)cc1. The van der Waals surface area contributed by atoms with Crippen LogP contribution in [0.4, 0.5) is 17.1 Å². The molecule has 1 nitrogen and oxygen atoms in total. The van der Waals surface area contributed by atoms with Crippen molar-refractivity contribution in [1.29, 1.82) is 0 Å². The Kier molecular flexibility index (Phi) is 5.62. The molecule has 0 fully saturated rings. The van der Waals surface area contributed by atoms with Crippen LogP contribution in [0.15, 0.2) is 152 Å². The first-order chi connectivity index (χ1) is 21.3. The molecule has 0 N–H and O–H groups in total. The molecule has 2 aromatic heterocycles. The van der Waals surface area contributed by atoms with Gasteiger partial charge in [0.15, 0.2) is 0 Å². The number of anilines is 3. The summed E-state index contributed by atoms with van der Waals surface area (Å²) in [6.07, 6.45) is 0. The van der Waals surface area contributed by atoms with Gasteiger partial charge in [-0.05, 0) is 64.4 Å². The van der Waals surface area contributed by atoms with E-state index in [2.05, 4.69) is 157 Å². The number of fused-ring (bicyclic) bond motifs is 8. The first-order valence-electron chi connectivity index (χ1n) is 14.5. The first kappa shape index (κ1) is 24.6. The Morgan fingerprint density at radius 1 is 0.395 bits per heavy atom. The van der Waals surface area contributed by atoms with Crippen LogP contribution in [-0.4, -0.2) is 0 Å². The zero-order chi connectivity index (χ0) is 28.3. The molecule has 0 aliphatic carbocycles. The molecule has 2 heterocycles. The summed E-state index contributed by atoms with van der Waals surface area (Å²) >= 11 is 3.76. The molecule has 7 aromatic carbocycles. The van der Waals surface area contributed by atoms with Crippen LogP contribution in [0.25, 0.3) is 62.2 Å². The number of thiophene rings is 2. The first-order valence-corrected chi connectivity index (χ1v) is 16.1. The Bertz CT molecular complexity index is 2450. The van der Waals surface area contributed by atoms with E-state index in [-0.39, 0.29) is 0 Å². The lowest BCUT2D eigenvalue weighted by molar-refractivity contribution is 1.31. The summed E-state index contributed by atoms with van der Waals surface area (Å²) in [5.41, 5.74) is 5.96. The Hall–Kier alpha value is -4.96. The van der Waals surface area contributed by atoms with Gasteiger partial charge in [0.25, 0.3) is 0 Å². The highest BCUT2D eigenvalue weighted by Gasteiger charge is 2.20. The Morgan fingerprint density at radius 2 is 1.07 bits per heavy atom. The van der Waals surface area contributed by atoms with E-state index in [1.165, 1.54) is 73.6 Å². The minimum absolute atomic E-state index is 1.15. The van der Waals surface area contributed by atoms with Gasteiger partial charge in [0.05, 0.1) is 5.69 Å². The molecule has 0 aliphatic rings. The van der Waals surface area contributed by atoms with Gasteiger partial charge in [0.1, 0.15) is 0 Å². The van der Waals surface area contributed by atoms with Crippen LogP contribution in [0.3, 0.4) is 0 Å². The summed E-state index contributed by atoms with van der Waals surface area (Å²) in [7, 11) is 0. The van der Waals surface area contributed by atoms with E-state index in [1.807, 2.05) is 22.7 Å². The summed E-state index contributed by atoms with van der Waals surface area (Å²) < 4.78 is 5.28. The molecular formula is C40H25NS2. The minimum atomic E-state index is 1.15. The summed E-state index contributed by atoms with van der Waals surface area (Å²) in [6, 6.07) is 55.4. The van der Waals surface area contributed by atoms with Crippen LogP contribution >= 0.6 is 22.7 Å². The third kappa shape index (κ3) is 3.97. The molecule has 0 saturated heterocycles. The average Bonchev–Trinajstić information content (AvgIpc) is 3.64. The highest BCUT2D eigenvalue weighted by atomic mass is 32.1. The van der Waals surface area contributed by atoms with Crippen molar-refractivity contribution in [2.45, 2.75) is 0 Å². The fourth-order valence-corrected chi connectivity index (χ4v) is 8.83. The topological polar surface area (TPSA) is 3.24 Å². The molecule has 9 aromatic rings. The van der Waals surface area contributed by atoms with E-state index in [9.17, 15) is 0 Å². The van der Waals surface area contributed by atoms with Crippen molar-refractivity contribution in [3.05, 3.63) is 152 Å². The second-order valence-electron chi connectivity index (χ2n) is 10.9. The van der Waals surface area contributed by atoms with Gasteiger partial charge in [-0.1, -0.05) is 109 Å². The molecule has 202 valence electrons. The number of hydrogen-bond donors (Lipinski definition) is 0. The van der Waals surface area contributed by atoms with Crippen molar-refractivity contribution in [3.8, 4) is 11.1 Å². The van der Waals surface area contributed by atoms with E-state index < -0.39 is 0 Å². The molecule has 0 spiro atoms. The second-order valence-corrected chi connectivity index (χ2v) is 13.1. The normalized spacial score (nSPS) is 11.7. The third-order valence-electron chi connectivity index (χ3n) is 8.46. The van der Waals surface area contributed by atoms with Crippen molar-refractivity contribution in [3.63, 3.8) is 0 Å². The fraction of sp³-hybridized carbons (Fsp3) is 0. The van der Waals surface area contributed by atoms with Gasteiger partial charge in [-0.3, -0.25) is 0 Å². The Labute approximate surface area is 257 Å². The van der Waals surface area contributed by atoms with Crippen LogP contribution < -0.4 is 4.90 Å². The van der Waals surface area contributed by atoms with E-state index in [1.54, 1.807) is 0 Å². The quantitative estimate of drug-likeness (QED) is 0.199. The van der Waals surface area contributed by atoms with Crippen molar-refractivity contribution in [2.75, 3.05) is 4.90 Å². The number of nitrogens with zero attached hydrogens (tertiary/aromatic N) is 1. The van der Waals surface area contributed by atoms with Crippen molar-refractivity contribution >= 4 is 90.9 Å². The zero-order valence-corrected chi connectivity index (χ0v) is 24.8. The predicted octanol–water partition coefficient (Wildman–Crippen LogP) is 12.7. The average molecular weight is 584 g/mol. The third-order valence-corrected chi connectivity index (χ3v) is 10.8. The van der Waals surface area contributed by atoms with E-state index in [0.717, 1.165) is 5.69 Å². The van der Waals surface area contributed by atoms with Crippen molar-refractivity contribution in [1.82, 2.24) is 0 Å². The monoisotopic (exact) mass is 583 g/mol. The zero-order valence-electron chi connectivity index (χ0n) is 23.2. The molecular weight excluding hydrogens is 559 g/mol. The lowest BCUT2D eigenvalue weighted by Crippen LogP contribution is -2.10. The molecule has 43 heavy (non-hydrogen) atoms. The molecule has 0 unspecified atom stereocenters. The predicted molar refractivity (Wildman–Crippen MR) is 190 cm³/mol. The van der Waals surface area contributed by atoms with Gasteiger partial charge in [-0.25, -0.2) is 0 Å². The van der Waals surface area contributed by atoms with Crippen LogP contribution in [0.2, 0.25) is 0 Å². The van der Waals surface area contributed by atoms with Gasteiger partial charge in [0.2, 0.25) is 0 Å². The summed E-state index contributed by atoms with van der Waals surface area (Å²) in [5, 5.41) is 7.85. The Morgan fingerprint density at radius 3 is 1.95 bits per heavy atom. The summed E-state index contributed by atoms with van der Waals surface area (Å²) in [5.74, 6) is 0. The van der Waals surface area contributed by atoms with E-state index >= 15 is 0 Å². The van der Waals surface area contributed by atoms with Gasteiger partial charge in [0, 0.05) is 51.7 Å². The lowest BCUT2D eigenvalue weighted by atomic mass is 10.0. The molecule has 0 saturated carbocycles. The largest absolute Gasteiger partial charge is 0.310 e. The summed E-state index contributed by atoms with van der Waals surface area (Å²) in [4.78, 5) is 2.45. The van der Waals surface area contributed by atoms with E-state index in [4.69, 9.17) is 0 Å². The smallest absolute Gasteiger partial charge is 0.0554 e. The van der Waals surface area contributed by atoms with Crippen molar-refractivity contribution in [2.24, 2.45) is 0 Å². The maximum absolute atomic E-state index is 2.45. The number of benzene rings is 7. The van der Waals surface area contributed by atoms with Gasteiger partial charge in [-0.2, -0.15) is 0 Å². The standard InChI is InChI=1S/C40H25NS2/c1-2-9-26(10-3-1)27-17-20-29(21-18-27)41(30-22-24-33-32-13-6-7-15-36(32)42-38(33)25-30)35-14-8-16-37-39(35)34-23-19-28-11-4-5-12-31(28)40(34)43-37/h1-25H. The van der Waals surface area contributed by atoms with Gasteiger partial charge < -0.3 is 4.90 Å². The van der Waals surface area contributed by atoms with Crippen LogP contribution in [0.5, 0.6) is 0 Å². The molecule has 0 amide bonds. The maximum atomic E-state index is 2.45. The van der Waals surface area contributed by atoms with Gasteiger partial charge >= 0.3 is 0 Å². The highest BCUT2D eigenvalue weighted by molar-refractivity contribution is 7.27. The highest BCUT2D eigenvalue weighted by Crippen LogP contribution is 2.47. The minimum Gasteiger partial charge on any atom is -0.310 e. The van der Waals surface area contributed by atoms with Gasteiger partial charge in [-0.15, -0.1) is 22.7 Å². The maximum Gasteiger partial charge on any atom is 0.0554 e.